The standard InChI is InChI=1S/C13H21N3S/c1-2-5-15-12-8-13(10-14-9-12)16-11-3-6-17-7-4-11/h8-11,15-16H,2-7H2,1H3. The zero-order valence-corrected chi connectivity index (χ0v) is 11.2. The number of anilines is 2. The van der Waals surface area contributed by atoms with Gasteiger partial charge in [-0.15, -0.1) is 0 Å². The fourth-order valence-electron chi connectivity index (χ4n) is 1.96. The van der Waals surface area contributed by atoms with Crippen LogP contribution in [0.1, 0.15) is 26.2 Å². The van der Waals surface area contributed by atoms with Crippen LogP contribution >= 0.6 is 11.8 Å². The largest absolute Gasteiger partial charge is 0.384 e. The van der Waals surface area contributed by atoms with E-state index in [0.29, 0.717) is 6.04 Å². The molecule has 2 heterocycles. The van der Waals surface area contributed by atoms with Crippen LogP contribution in [0.2, 0.25) is 0 Å². The fraction of sp³-hybridized carbons (Fsp3) is 0.615. The predicted octanol–water partition coefficient (Wildman–Crippen LogP) is 3.21. The average Bonchev–Trinajstić information content (AvgIpc) is 2.38. The summed E-state index contributed by atoms with van der Waals surface area (Å²) in [6, 6.07) is 2.78. The van der Waals surface area contributed by atoms with Gasteiger partial charge in [0.1, 0.15) is 0 Å². The molecule has 0 spiro atoms. The molecule has 0 amide bonds. The number of thioether (sulfide) groups is 1. The first-order chi connectivity index (χ1) is 8.38. The minimum Gasteiger partial charge on any atom is -0.384 e. The molecule has 1 fully saturated rings. The van der Waals surface area contributed by atoms with Crippen molar-refractivity contribution in [3.05, 3.63) is 18.5 Å². The summed E-state index contributed by atoms with van der Waals surface area (Å²) >= 11 is 2.06. The van der Waals surface area contributed by atoms with Gasteiger partial charge in [0.15, 0.2) is 0 Å². The molecule has 0 saturated carbocycles. The van der Waals surface area contributed by atoms with Crippen LogP contribution in [-0.2, 0) is 0 Å². The molecular weight excluding hydrogens is 230 g/mol. The van der Waals surface area contributed by atoms with E-state index >= 15 is 0 Å². The molecular formula is C13H21N3S. The Kier molecular flexibility index (Phi) is 4.98. The van der Waals surface area contributed by atoms with Gasteiger partial charge in [-0.25, -0.2) is 0 Å². The lowest BCUT2D eigenvalue weighted by Crippen LogP contribution is -2.24. The maximum atomic E-state index is 4.27. The zero-order valence-electron chi connectivity index (χ0n) is 10.4. The second-order valence-electron chi connectivity index (χ2n) is 4.42. The van der Waals surface area contributed by atoms with E-state index in [2.05, 4.69) is 40.4 Å². The van der Waals surface area contributed by atoms with Crippen LogP contribution in [0.3, 0.4) is 0 Å². The van der Waals surface area contributed by atoms with E-state index < -0.39 is 0 Å². The van der Waals surface area contributed by atoms with E-state index in [4.69, 9.17) is 0 Å². The number of hydrogen-bond donors (Lipinski definition) is 2. The SMILES string of the molecule is CCCNc1cncc(NC2CCSCC2)c1. The summed E-state index contributed by atoms with van der Waals surface area (Å²) in [5, 5.41) is 6.95. The van der Waals surface area contributed by atoms with Crippen molar-refractivity contribution >= 4 is 23.1 Å². The summed E-state index contributed by atoms with van der Waals surface area (Å²) < 4.78 is 0. The fourth-order valence-corrected chi connectivity index (χ4v) is 3.07. The molecule has 2 rings (SSSR count). The van der Waals surface area contributed by atoms with Gasteiger partial charge in [0, 0.05) is 12.6 Å². The highest BCUT2D eigenvalue weighted by molar-refractivity contribution is 7.99. The van der Waals surface area contributed by atoms with Crippen molar-refractivity contribution in [2.45, 2.75) is 32.2 Å². The molecule has 0 aliphatic carbocycles. The highest BCUT2D eigenvalue weighted by Crippen LogP contribution is 2.21. The minimum atomic E-state index is 0.625. The van der Waals surface area contributed by atoms with Crippen LogP contribution in [0.4, 0.5) is 11.4 Å². The van der Waals surface area contributed by atoms with Crippen molar-refractivity contribution in [2.24, 2.45) is 0 Å². The first kappa shape index (κ1) is 12.6. The van der Waals surface area contributed by atoms with Crippen LogP contribution in [0.15, 0.2) is 18.5 Å². The second-order valence-corrected chi connectivity index (χ2v) is 5.64. The minimum absolute atomic E-state index is 0.625. The third-order valence-corrected chi connectivity index (χ3v) is 3.96. The van der Waals surface area contributed by atoms with Crippen LogP contribution < -0.4 is 10.6 Å². The quantitative estimate of drug-likeness (QED) is 0.842. The van der Waals surface area contributed by atoms with Gasteiger partial charge < -0.3 is 10.6 Å². The van der Waals surface area contributed by atoms with E-state index in [1.54, 1.807) is 0 Å². The highest BCUT2D eigenvalue weighted by Gasteiger charge is 2.13. The van der Waals surface area contributed by atoms with Gasteiger partial charge in [0.25, 0.3) is 0 Å². The number of nitrogens with zero attached hydrogens (tertiary/aromatic N) is 1. The van der Waals surface area contributed by atoms with E-state index in [-0.39, 0.29) is 0 Å². The Morgan fingerprint density at radius 1 is 1.29 bits per heavy atom. The number of pyridine rings is 1. The average molecular weight is 251 g/mol. The topological polar surface area (TPSA) is 37.0 Å². The smallest absolute Gasteiger partial charge is 0.0549 e. The van der Waals surface area contributed by atoms with E-state index in [1.807, 2.05) is 12.4 Å². The molecule has 1 saturated heterocycles. The molecule has 1 aliphatic heterocycles. The number of rotatable bonds is 5. The van der Waals surface area contributed by atoms with Crippen LogP contribution in [0.25, 0.3) is 0 Å². The van der Waals surface area contributed by atoms with E-state index in [1.165, 1.54) is 24.3 Å². The van der Waals surface area contributed by atoms with Crippen molar-refractivity contribution in [3.63, 3.8) is 0 Å². The van der Waals surface area contributed by atoms with Crippen LogP contribution in [0.5, 0.6) is 0 Å². The summed E-state index contributed by atoms with van der Waals surface area (Å²) in [4.78, 5) is 4.27. The Labute approximate surface area is 108 Å². The van der Waals surface area contributed by atoms with Crippen LogP contribution in [0, 0.1) is 0 Å². The highest BCUT2D eigenvalue weighted by atomic mass is 32.2. The predicted molar refractivity (Wildman–Crippen MR) is 77.0 cm³/mol. The Hall–Kier alpha value is -0.900. The Morgan fingerprint density at radius 2 is 2.06 bits per heavy atom. The third kappa shape index (κ3) is 4.11. The van der Waals surface area contributed by atoms with Gasteiger partial charge in [-0.05, 0) is 36.8 Å². The molecule has 1 aromatic rings. The molecule has 1 aliphatic rings. The van der Waals surface area contributed by atoms with Gasteiger partial charge in [0.05, 0.1) is 23.8 Å². The van der Waals surface area contributed by atoms with Gasteiger partial charge in [-0.1, -0.05) is 6.92 Å². The third-order valence-electron chi connectivity index (χ3n) is 2.91. The van der Waals surface area contributed by atoms with Gasteiger partial charge in [-0.2, -0.15) is 11.8 Å². The monoisotopic (exact) mass is 251 g/mol. The van der Waals surface area contributed by atoms with Crippen molar-refractivity contribution in [1.82, 2.24) is 4.98 Å². The molecule has 94 valence electrons. The second kappa shape index (κ2) is 6.74. The lowest BCUT2D eigenvalue weighted by atomic mass is 10.1. The first-order valence-electron chi connectivity index (χ1n) is 6.41. The van der Waals surface area contributed by atoms with Crippen molar-refractivity contribution in [1.29, 1.82) is 0 Å². The first-order valence-corrected chi connectivity index (χ1v) is 7.57. The number of nitrogens with one attached hydrogen (secondary N) is 2. The van der Waals surface area contributed by atoms with E-state index in [9.17, 15) is 0 Å². The van der Waals surface area contributed by atoms with Crippen molar-refractivity contribution in [3.8, 4) is 0 Å². The maximum Gasteiger partial charge on any atom is 0.0549 e. The molecule has 2 N–H and O–H groups in total. The van der Waals surface area contributed by atoms with Crippen molar-refractivity contribution < 1.29 is 0 Å². The molecule has 1 aromatic heterocycles. The summed E-state index contributed by atoms with van der Waals surface area (Å²) in [6.07, 6.45) is 7.46. The molecule has 4 heteroatoms. The summed E-state index contributed by atoms with van der Waals surface area (Å²) in [6.45, 7) is 3.17. The molecule has 17 heavy (non-hydrogen) atoms. The molecule has 0 bridgehead atoms. The summed E-state index contributed by atoms with van der Waals surface area (Å²) in [7, 11) is 0. The molecule has 0 radical (unpaired) electrons. The van der Waals surface area contributed by atoms with Gasteiger partial charge in [0.2, 0.25) is 0 Å². The lowest BCUT2D eigenvalue weighted by Gasteiger charge is -2.23. The summed E-state index contributed by atoms with van der Waals surface area (Å²) in [5.74, 6) is 2.55. The van der Waals surface area contributed by atoms with Crippen molar-refractivity contribution in [2.75, 3.05) is 28.7 Å². The number of aromatic nitrogens is 1. The number of hydrogen-bond acceptors (Lipinski definition) is 4. The normalized spacial score (nSPS) is 16.8. The van der Waals surface area contributed by atoms with Crippen LogP contribution in [-0.4, -0.2) is 29.1 Å². The Balaban J connectivity index is 1.90. The van der Waals surface area contributed by atoms with Gasteiger partial charge in [-0.3, -0.25) is 4.98 Å². The summed E-state index contributed by atoms with van der Waals surface area (Å²) in [5.41, 5.74) is 2.25. The van der Waals surface area contributed by atoms with Gasteiger partial charge >= 0.3 is 0 Å². The molecule has 0 unspecified atom stereocenters. The molecule has 3 nitrogen and oxygen atoms in total. The van der Waals surface area contributed by atoms with E-state index in [0.717, 1.165) is 24.3 Å². The molecule has 0 aromatic carbocycles. The Morgan fingerprint density at radius 3 is 2.82 bits per heavy atom. The lowest BCUT2D eigenvalue weighted by molar-refractivity contribution is 0.666. The maximum absolute atomic E-state index is 4.27. The zero-order chi connectivity index (χ0) is 11.9. The molecule has 0 atom stereocenters. The Bertz CT molecular complexity index is 337.